The number of methoxy groups -OCH3 is 2. The lowest BCUT2D eigenvalue weighted by Crippen LogP contribution is -2.29. The molecule has 23 heavy (non-hydrogen) atoms. The van der Waals surface area contributed by atoms with Gasteiger partial charge in [0.2, 0.25) is 10.0 Å². The van der Waals surface area contributed by atoms with E-state index in [1.165, 1.54) is 25.3 Å². The fourth-order valence-electron chi connectivity index (χ4n) is 2.10. The summed E-state index contributed by atoms with van der Waals surface area (Å²) in [5.41, 5.74) is 0.753. The maximum atomic E-state index is 13.6. The topological polar surface area (TPSA) is 64.6 Å². The Morgan fingerprint density at radius 2 is 1.87 bits per heavy atom. The first-order valence-corrected chi connectivity index (χ1v) is 8.37. The fourth-order valence-corrected chi connectivity index (χ4v) is 3.21. The molecule has 124 valence electrons. The zero-order valence-electron chi connectivity index (χ0n) is 12.8. The van der Waals surface area contributed by atoms with Gasteiger partial charge in [0.15, 0.2) is 0 Å². The van der Waals surface area contributed by atoms with Gasteiger partial charge in [0, 0.05) is 13.7 Å². The van der Waals surface area contributed by atoms with Gasteiger partial charge in [0.1, 0.15) is 16.5 Å². The first-order chi connectivity index (χ1) is 11.0. The predicted molar refractivity (Wildman–Crippen MR) is 84.3 cm³/mol. The highest BCUT2D eigenvalue weighted by molar-refractivity contribution is 7.89. The summed E-state index contributed by atoms with van der Waals surface area (Å²) in [6, 6.07) is 12.3. The molecule has 0 spiro atoms. The van der Waals surface area contributed by atoms with E-state index in [2.05, 4.69) is 4.72 Å². The Morgan fingerprint density at radius 1 is 1.13 bits per heavy atom. The number of hydrogen-bond acceptors (Lipinski definition) is 4. The molecule has 0 unspecified atom stereocenters. The van der Waals surface area contributed by atoms with E-state index in [0.29, 0.717) is 5.75 Å². The van der Waals surface area contributed by atoms with Gasteiger partial charge >= 0.3 is 0 Å². The molecule has 1 N–H and O–H groups in total. The summed E-state index contributed by atoms with van der Waals surface area (Å²) in [6.45, 7) is -0.0274. The number of halogens is 1. The molecule has 0 fully saturated rings. The summed E-state index contributed by atoms with van der Waals surface area (Å²) in [7, 11) is -0.939. The lowest BCUT2D eigenvalue weighted by Gasteiger charge is -2.17. The van der Waals surface area contributed by atoms with Gasteiger partial charge in [-0.05, 0) is 29.8 Å². The molecule has 0 aliphatic rings. The van der Waals surface area contributed by atoms with Crippen LogP contribution in [0.4, 0.5) is 4.39 Å². The van der Waals surface area contributed by atoms with Crippen LogP contribution < -0.4 is 9.46 Å². The van der Waals surface area contributed by atoms with Crippen molar-refractivity contribution in [2.45, 2.75) is 11.0 Å². The predicted octanol–water partition coefficient (Wildman–Crippen LogP) is 2.50. The van der Waals surface area contributed by atoms with Crippen molar-refractivity contribution in [3.05, 3.63) is 59.9 Å². The molecule has 0 saturated carbocycles. The smallest absolute Gasteiger partial charge is 0.243 e. The second kappa shape index (κ2) is 7.54. The van der Waals surface area contributed by atoms with Gasteiger partial charge in [-0.3, -0.25) is 0 Å². The lowest BCUT2D eigenvalue weighted by molar-refractivity contribution is 0.107. The highest BCUT2D eigenvalue weighted by Crippen LogP contribution is 2.22. The Balaban J connectivity index is 2.15. The summed E-state index contributed by atoms with van der Waals surface area (Å²) < 4.78 is 50.9. The van der Waals surface area contributed by atoms with Crippen molar-refractivity contribution < 1.29 is 22.3 Å². The first kappa shape index (κ1) is 17.4. The minimum atomic E-state index is -3.96. The SMILES string of the molecule is COc1cccc([C@@H](CNS(=O)(=O)c2ccccc2F)OC)c1. The Bertz CT molecular complexity index is 764. The van der Waals surface area contributed by atoms with E-state index in [9.17, 15) is 12.8 Å². The molecule has 0 saturated heterocycles. The molecule has 2 aromatic carbocycles. The van der Waals surface area contributed by atoms with Crippen LogP contribution in [-0.4, -0.2) is 29.2 Å². The van der Waals surface area contributed by atoms with Crippen LogP contribution in [0.3, 0.4) is 0 Å². The van der Waals surface area contributed by atoms with E-state index < -0.39 is 21.9 Å². The van der Waals surface area contributed by atoms with Crippen molar-refractivity contribution in [2.75, 3.05) is 20.8 Å². The van der Waals surface area contributed by atoms with Crippen LogP contribution in [0.1, 0.15) is 11.7 Å². The van der Waals surface area contributed by atoms with Crippen molar-refractivity contribution in [3.8, 4) is 5.75 Å². The van der Waals surface area contributed by atoms with E-state index in [0.717, 1.165) is 11.6 Å². The molecular formula is C16H18FNO4S. The molecule has 2 rings (SSSR count). The number of hydrogen-bond donors (Lipinski definition) is 1. The van der Waals surface area contributed by atoms with E-state index in [4.69, 9.17) is 9.47 Å². The molecule has 2 aromatic rings. The van der Waals surface area contributed by atoms with Crippen LogP contribution in [0.25, 0.3) is 0 Å². The van der Waals surface area contributed by atoms with Gasteiger partial charge in [-0.25, -0.2) is 17.5 Å². The summed E-state index contributed by atoms with van der Waals surface area (Å²) in [6.07, 6.45) is -0.522. The Hall–Kier alpha value is -1.96. The fraction of sp³-hybridized carbons (Fsp3) is 0.250. The van der Waals surface area contributed by atoms with Crippen LogP contribution in [0.2, 0.25) is 0 Å². The molecule has 0 aliphatic carbocycles. The summed E-state index contributed by atoms with van der Waals surface area (Å²) in [5.74, 6) is -0.156. The molecule has 0 amide bonds. The Kier molecular flexibility index (Phi) is 5.70. The maximum Gasteiger partial charge on any atom is 0.243 e. The van der Waals surface area contributed by atoms with E-state index in [1.807, 2.05) is 0 Å². The molecule has 0 aliphatic heterocycles. The molecule has 0 bridgehead atoms. The average molecular weight is 339 g/mol. The summed E-state index contributed by atoms with van der Waals surface area (Å²) in [5, 5.41) is 0. The molecular weight excluding hydrogens is 321 g/mol. The number of benzene rings is 2. The second-order valence-corrected chi connectivity index (χ2v) is 6.52. The zero-order valence-corrected chi connectivity index (χ0v) is 13.6. The minimum Gasteiger partial charge on any atom is -0.497 e. The van der Waals surface area contributed by atoms with Crippen LogP contribution in [0.15, 0.2) is 53.4 Å². The number of sulfonamides is 1. The van der Waals surface area contributed by atoms with Gasteiger partial charge in [-0.15, -0.1) is 0 Å². The van der Waals surface area contributed by atoms with E-state index in [-0.39, 0.29) is 11.4 Å². The van der Waals surface area contributed by atoms with E-state index >= 15 is 0 Å². The van der Waals surface area contributed by atoms with Crippen LogP contribution in [0, 0.1) is 5.82 Å². The molecule has 5 nitrogen and oxygen atoms in total. The zero-order chi connectivity index (χ0) is 16.9. The third kappa shape index (κ3) is 4.28. The number of nitrogens with one attached hydrogen (secondary N) is 1. The maximum absolute atomic E-state index is 13.6. The van der Waals surface area contributed by atoms with Crippen molar-refractivity contribution in [3.63, 3.8) is 0 Å². The monoisotopic (exact) mass is 339 g/mol. The molecule has 0 radical (unpaired) electrons. The van der Waals surface area contributed by atoms with Crippen molar-refractivity contribution in [1.82, 2.24) is 4.72 Å². The van der Waals surface area contributed by atoms with Crippen LogP contribution >= 0.6 is 0 Å². The number of rotatable bonds is 7. The molecule has 1 atom stereocenters. The van der Waals surface area contributed by atoms with Gasteiger partial charge in [-0.1, -0.05) is 24.3 Å². The van der Waals surface area contributed by atoms with E-state index in [1.54, 1.807) is 31.4 Å². The molecule has 0 aromatic heterocycles. The highest BCUT2D eigenvalue weighted by Gasteiger charge is 2.21. The standard InChI is InChI=1S/C16H18FNO4S/c1-21-13-7-5-6-12(10-13)15(22-2)11-18-23(19,20)16-9-4-3-8-14(16)17/h3-10,15,18H,11H2,1-2H3/t15-/m1/s1. The second-order valence-electron chi connectivity index (χ2n) is 4.78. The highest BCUT2D eigenvalue weighted by atomic mass is 32.2. The van der Waals surface area contributed by atoms with Crippen LogP contribution in [-0.2, 0) is 14.8 Å². The number of ether oxygens (including phenoxy) is 2. The van der Waals surface area contributed by atoms with Crippen molar-refractivity contribution >= 4 is 10.0 Å². The molecule has 7 heteroatoms. The van der Waals surface area contributed by atoms with Crippen molar-refractivity contribution in [2.24, 2.45) is 0 Å². The summed E-state index contributed by atoms with van der Waals surface area (Å²) in [4.78, 5) is -0.388. The van der Waals surface area contributed by atoms with Gasteiger partial charge < -0.3 is 9.47 Å². The Labute approximate surface area is 135 Å². The third-order valence-corrected chi connectivity index (χ3v) is 4.79. The summed E-state index contributed by atoms with van der Waals surface area (Å²) >= 11 is 0. The largest absolute Gasteiger partial charge is 0.497 e. The lowest BCUT2D eigenvalue weighted by atomic mass is 10.1. The first-order valence-electron chi connectivity index (χ1n) is 6.89. The minimum absolute atomic E-state index is 0.0274. The quantitative estimate of drug-likeness (QED) is 0.842. The average Bonchev–Trinajstić information content (AvgIpc) is 2.56. The normalized spacial score (nSPS) is 12.8. The van der Waals surface area contributed by atoms with Gasteiger partial charge in [-0.2, -0.15) is 0 Å². The third-order valence-electron chi connectivity index (χ3n) is 3.34. The van der Waals surface area contributed by atoms with Crippen molar-refractivity contribution in [1.29, 1.82) is 0 Å². The van der Waals surface area contributed by atoms with Gasteiger partial charge in [0.05, 0.1) is 13.2 Å². The van der Waals surface area contributed by atoms with Gasteiger partial charge in [0.25, 0.3) is 0 Å². The van der Waals surface area contributed by atoms with Crippen LogP contribution in [0.5, 0.6) is 5.75 Å². The molecule has 0 heterocycles. The Morgan fingerprint density at radius 3 is 2.52 bits per heavy atom.